The first-order valence-electron chi connectivity index (χ1n) is 8.97. The van der Waals surface area contributed by atoms with Crippen LogP contribution in [0.25, 0.3) is 0 Å². The summed E-state index contributed by atoms with van der Waals surface area (Å²) in [4.78, 5) is 12.8. The maximum Gasteiger partial charge on any atom is 0.261 e. The van der Waals surface area contributed by atoms with E-state index in [0.717, 1.165) is 5.56 Å². The van der Waals surface area contributed by atoms with Gasteiger partial charge in [0.05, 0.1) is 17.2 Å². The van der Waals surface area contributed by atoms with Crippen molar-refractivity contribution in [2.24, 2.45) is 0 Å². The third kappa shape index (κ3) is 5.22. The van der Waals surface area contributed by atoms with Crippen molar-refractivity contribution >= 4 is 27.3 Å². The predicted molar refractivity (Wildman–Crippen MR) is 114 cm³/mol. The van der Waals surface area contributed by atoms with E-state index in [-0.39, 0.29) is 10.8 Å². The molecule has 0 atom stereocenters. The van der Waals surface area contributed by atoms with Crippen LogP contribution >= 0.6 is 0 Å². The quantitative estimate of drug-likeness (QED) is 0.612. The molecular weight excluding hydrogens is 388 g/mol. The van der Waals surface area contributed by atoms with Gasteiger partial charge in [0.1, 0.15) is 0 Å². The molecule has 0 unspecified atom stereocenters. The van der Waals surface area contributed by atoms with Crippen molar-refractivity contribution < 1.29 is 17.9 Å². The predicted octanol–water partition coefficient (Wildman–Crippen LogP) is 4.19. The molecule has 3 rings (SSSR count). The van der Waals surface area contributed by atoms with Crippen LogP contribution in [0.15, 0.2) is 77.7 Å². The number of amides is 1. The van der Waals surface area contributed by atoms with Gasteiger partial charge in [-0.25, -0.2) is 8.42 Å². The van der Waals surface area contributed by atoms with Crippen LogP contribution in [0.1, 0.15) is 21.5 Å². The van der Waals surface area contributed by atoms with Gasteiger partial charge in [0.25, 0.3) is 15.9 Å². The zero-order chi connectivity index (χ0) is 20.9. The van der Waals surface area contributed by atoms with Gasteiger partial charge in [-0.05, 0) is 54.4 Å². The second-order valence-electron chi connectivity index (χ2n) is 6.54. The van der Waals surface area contributed by atoms with Gasteiger partial charge >= 0.3 is 0 Å². The Hall–Kier alpha value is -3.16. The first-order chi connectivity index (χ1) is 13.9. The maximum atomic E-state index is 12.7. The van der Waals surface area contributed by atoms with Gasteiger partial charge in [-0.1, -0.05) is 36.4 Å². The Morgan fingerprint density at radius 2 is 1.72 bits per heavy atom. The number of anilines is 2. The number of benzene rings is 3. The standard InChI is InChI=1S/C22H22N2O4S/c1-16-11-12-18(22(25)23-19-8-6-7-17(13-19)15-28-2)14-21(16)24-29(26,27)20-9-4-3-5-10-20/h3-14,24H,15H2,1-2H3,(H,23,25). The molecule has 150 valence electrons. The topological polar surface area (TPSA) is 84.5 Å². The number of hydrogen-bond donors (Lipinski definition) is 2. The van der Waals surface area contributed by atoms with Gasteiger partial charge in [-0.2, -0.15) is 0 Å². The SMILES string of the molecule is COCc1cccc(NC(=O)c2ccc(C)c(NS(=O)(=O)c3ccccc3)c2)c1. The van der Waals surface area contributed by atoms with Crippen molar-refractivity contribution in [2.75, 3.05) is 17.1 Å². The second-order valence-corrected chi connectivity index (χ2v) is 8.22. The molecule has 1 amide bonds. The monoisotopic (exact) mass is 410 g/mol. The molecule has 2 N–H and O–H groups in total. The molecule has 3 aromatic carbocycles. The number of rotatable bonds is 7. The van der Waals surface area contributed by atoms with Gasteiger partial charge in [0.15, 0.2) is 0 Å². The zero-order valence-corrected chi connectivity index (χ0v) is 17.0. The third-order valence-corrected chi connectivity index (χ3v) is 5.67. The molecule has 0 aliphatic carbocycles. The molecule has 0 radical (unpaired) electrons. The molecule has 6 nitrogen and oxygen atoms in total. The highest BCUT2D eigenvalue weighted by atomic mass is 32.2. The summed E-state index contributed by atoms with van der Waals surface area (Å²) in [7, 11) is -2.14. The lowest BCUT2D eigenvalue weighted by atomic mass is 10.1. The normalized spacial score (nSPS) is 11.1. The van der Waals surface area contributed by atoms with Gasteiger partial charge in [0.2, 0.25) is 0 Å². The van der Waals surface area contributed by atoms with Crippen LogP contribution < -0.4 is 10.0 Å². The largest absolute Gasteiger partial charge is 0.380 e. The maximum absolute atomic E-state index is 12.7. The van der Waals surface area contributed by atoms with E-state index < -0.39 is 10.0 Å². The van der Waals surface area contributed by atoms with Gasteiger partial charge < -0.3 is 10.1 Å². The van der Waals surface area contributed by atoms with E-state index in [1.165, 1.54) is 18.2 Å². The summed E-state index contributed by atoms with van der Waals surface area (Å²) in [5, 5.41) is 2.83. The Kier molecular flexibility index (Phi) is 6.31. The smallest absolute Gasteiger partial charge is 0.261 e. The Bertz CT molecular complexity index is 1110. The molecule has 0 bridgehead atoms. The van der Waals surface area contributed by atoms with E-state index in [2.05, 4.69) is 10.0 Å². The molecule has 7 heteroatoms. The number of sulfonamides is 1. The summed E-state index contributed by atoms with van der Waals surface area (Å²) < 4.78 is 32.9. The molecular formula is C22H22N2O4S. The molecule has 0 fully saturated rings. The van der Waals surface area contributed by atoms with Crippen LogP contribution in [0.5, 0.6) is 0 Å². The average molecular weight is 410 g/mol. The highest BCUT2D eigenvalue weighted by Crippen LogP contribution is 2.22. The highest BCUT2D eigenvalue weighted by Gasteiger charge is 2.16. The van der Waals surface area contributed by atoms with Crippen LogP contribution in [-0.4, -0.2) is 21.4 Å². The molecule has 3 aromatic rings. The lowest BCUT2D eigenvalue weighted by molar-refractivity contribution is 0.102. The number of carbonyl (C=O) groups is 1. The Morgan fingerprint density at radius 3 is 2.45 bits per heavy atom. The van der Waals surface area contributed by atoms with E-state index >= 15 is 0 Å². The second kappa shape index (κ2) is 8.89. The van der Waals surface area contributed by atoms with E-state index in [9.17, 15) is 13.2 Å². The zero-order valence-electron chi connectivity index (χ0n) is 16.2. The number of hydrogen-bond acceptors (Lipinski definition) is 4. The van der Waals surface area contributed by atoms with E-state index in [0.29, 0.717) is 29.1 Å². The van der Waals surface area contributed by atoms with Crippen molar-refractivity contribution in [3.05, 3.63) is 89.5 Å². The molecule has 0 aliphatic heterocycles. The molecule has 0 aromatic heterocycles. The van der Waals surface area contributed by atoms with Crippen molar-refractivity contribution in [3.8, 4) is 0 Å². The number of nitrogens with one attached hydrogen (secondary N) is 2. The van der Waals surface area contributed by atoms with E-state index in [1.807, 2.05) is 18.2 Å². The Balaban J connectivity index is 1.81. The highest BCUT2D eigenvalue weighted by molar-refractivity contribution is 7.92. The Labute approximate surface area is 170 Å². The first-order valence-corrected chi connectivity index (χ1v) is 10.4. The minimum Gasteiger partial charge on any atom is -0.380 e. The number of ether oxygens (including phenoxy) is 1. The Morgan fingerprint density at radius 1 is 0.966 bits per heavy atom. The van der Waals surface area contributed by atoms with E-state index in [4.69, 9.17) is 4.74 Å². The van der Waals surface area contributed by atoms with Crippen LogP contribution in [0.2, 0.25) is 0 Å². The number of carbonyl (C=O) groups excluding carboxylic acids is 1. The fraction of sp³-hybridized carbons (Fsp3) is 0.136. The van der Waals surface area contributed by atoms with Gasteiger partial charge in [-0.15, -0.1) is 0 Å². The summed E-state index contributed by atoms with van der Waals surface area (Å²) >= 11 is 0. The first kappa shape index (κ1) is 20.6. The number of methoxy groups -OCH3 is 1. The average Bonchev–Trinajstić information content (AvgIpc) is 2.70. The van der Waals surface area contributed by atoms with Gasteiger partial charge in [0, 0.05) is 18.4 Å². The minimum absolute atomic E-state index is 0.157. The molecule has 0 aliphatic rings. The van der Waals surface area contributed by atoms with Crippen molar-refractivity contribution in [3.63, 3.8) is 0 Å². The molecule has 0 saturated heterocycles. The van der Waals surface area contributed by atoms with Crippen molar-refractivity contribution in [1.29, 1.82) is 0 Å². The fourth-order valence-electron chi connectivity index (χ4n) is 2.79. The molecule has 29 heavy (non-hydrogen) atoms. The summed E-state index contributed by atoms with van der Waals surface area (Å²) in [6.45, 7) is 2.22. The van der Waals surface area contributed by atoms with Crippen LogP contribution in [-0.2, 0) is 21.4 Å². The summed E-state index contributed by atoms with van der Waals surface area (Å²) in [5.74, 6) is -0.334. The van der Waals surface area contributed by atoms with Gasteiger partial charge in [-0.3, -0.25) is 9.52 Å². The van der Waals surface area contributed by atoms with Crippen molar-refractivity contribution in [2.45, 2.75) is 18.4 Å². The summed E-state index contributed by atoms with van der Waals surface area (Å²) in [6, 6.07) is 20.3. The number of aryl methyl sites for hydroxylation is 1. The minimum atomic E-state index is -3.74. The van der Waals surface area contributed by atoms with Crippen LogP contribution in [0.3, 0.4) is 0 Å². The molecule has 0 saturated carbocycles. The van der Waals surface area contributed by atoms with Crippen molar-refractivity contribution in [1.82, 2.24) is 0 Å². The summed E-state index contributed by atoms with van der Waals surface area (Å²) in [6.07, 6.45) is 0. The molecule has 0 heterocycles. The third-order valence-electron chi connectivity index (χ3n) is 4.29. The lowest BCUT2D eigenvalue weighted by Gasteiger charge is -2.13. The fourth-order valence-corrected chi connectivity index (χ4v) is 3.93. The summed E-state index contributed by atoms with van der Waals surface area (Å²) in [5.41, 5.74) is 2.98. The lowest BCUT2D eigenvalue weighted by Crippen LogP contribution is -2.16. The molecule has 0 spiro atoms. The van der Waals surface area contributed by atoms with Crippen LogP contribution in [0.4, 0.5) is 11.4 Å². The van der Waals surface area contributed by atoms with Crippen LogP contribution in [0, 0.1) is 6.92 Å². The van der Waals surface area contributed by atoms with E-state index in [1.54, 1.807) is 50.4 Å².